The first-order valence-electron chi connectivity index (χ1n) is 7.13. The predicted molar refractivity (Wildman–Crippen MR) is 80.5 cm³/mol. The molecule has 23 heavy (non-hydrogen) atoms. The van der Waals surface area contributed by atoms with E-state index in [1.807, 2.05) is 0 Å². The summed E-state index contributed by atoms with van der Waals surface area (Å²) >= 11 is 5.95. The number of amides is 3. The van der Waals surface area contributed by atoms with Crippen LogP contribution in [0.3, 0.4) is 0 Å². The third-order valence-electron chi connectivity index (χ3n) is 3.99. The summed E-state index contributed by atoms with van der Waals surface area (Å²) in [4.78, 5) is 38.7. The summed E-state index contributed by atoms with van der Waals surface area (Å²) in [5, 5.41) is 0.434. The van der Waals surface area contributed by atoms with Crippen LogP contribution in [0.4, 0.5) is 4.79 Å². The van der Waals surface area contributed by atoms with E-state index in [0.29, 0.717) is 29.3 Å². The molecular weight excluding hydrogens is 324 g/mol. The molecule has 0 N–H and O–H groups in total. The van der Waals surface area contributed by atoms with Crippen LogP contribution in [-0.2, 0) is 9.53 Å². The second-order valence-electron chi connectivity index (χ2n) is 5.36. The number of imide groups is 1. The molecule has 0 aliphatic carbocycles. The molecule has 122 valence electrons. The lowest BCUT2D eigenvalue weighted by atomic mass is 10.1. The number of hydrogen-bond acceptors (Lipinski definition) is 5. The van der Waals surface area contributed by atoms with Gasteiger partial charge in [-0.05, 0) is 24.6 Å². The van der Waals surface area contributed by atoms with E-state index < -0.39 is 6.09 Å². The summed E-state index contributed by atoms with van der Waals surface area (Å²) in [5.41, 5.74) is 0.357. The molecule has 0 bridgehead atoms. The van der Waals surface area contributed by atoms with Gasteiger partial charge in [0.1, 0.15) is 5.75 Å². The molecule has 1 aromatic carbocycles. The molecule has 0 aromatic heterocycles. The van der Waals surface area contributed by atoms with Crippen molar-refractivity contribution in [1.29, 1.82) is 0 Å². The number of carbonyl (C=O) groups excluding carboxylic acids is 3. The Labute approximate surface area is 137 Å². The molecule has 7 nitrogen and oxygen atoms in total. The maximum atomic E-state index is 12.7. The quantitative estimate of drug-likeness (QED) is 0.835. The van der Waals surface area contributed by atoms with Gasteiger partial charge >= 0.3 is 6.09 Å². The van der Waals surface area contributed by atoms with Crippen molar-refractivity contribution in [2.24, 2.45) is 0 Å². The molecule has 3 rings (SSSR count). The average Bonchev–Trinajstić information content (AvgIpc) is 3.13. The first-order chi connectivity index (χ1) is 11.0. The number of rotatable bonds is 3. The molecule has 8 heteroatoms. The highest BCUT2D eigenvalue weighted by molar-refractivity contribution is 6.31. The van der Waals surface area contributed by atoms with Crippen LogP contribution in [0.1, 0.15) is 16.8 Å². The van der Waals surface area contributed by atoms with Gasteiger partial charge in [-0.3, -0.25) is 9.59 Å². The number of hydrogen-bond donors (Lipinski definition) is 0. The normalized spacial score (nSPS) is 20.9. The van der Waals surface area contributed by atoms with Crippen LogP contribution in [0.5, 0.6) is 5.75 Å². The van der Waals surface area contributed by atoms with E-state index in [0.717, 1.165) is 4.90 Å². The van der Waals surface area contributed by atoms with Crippen molar-refractivity contribution in [1.82, 2.24) is 9.80 Å². The Bertz CT molecular complexity index is 662. The Morgan fingerprint density at radius 2 is 2.17 bits per heavy atom. The summed E-state index contributed by atoms with van der Waals surface area (Å²) in [5.74, 6) is -0.180. The monoisotopic (exact) mass is 338 g/mol. The van der Waals surface area contributed by atoms with Crippen molar-refractivity contribution in [2.75, 3.05) is 26.8 Å². The van der Waals surface area contributed by atoms with Crippen LogP contribution in [-0.4, -0.2) is 60.6 Å². The molecule has 2 fully saturated rings. The van der Waals surface area contributed by atoms with Gasteiger partial charge < -0.3 is 14.4 Å². The van der Waals surface area contributed by atoms with Gasteiger partial charge in [0, 0.05) is 18.1 Å². The third-order valence-corrected chi connectivity index (χ3v) is 4.23. The Morgan fingerprint density at radius 3 is 2.83 bits per heavy atom. The minimum absolute atomic E-state index is 0.231. The minimum atomic E-state index is -0.644. The van der Waals surface area contributed by atoms with Crippen molar-refractivity contribution >= 4 is 29.5 Å². The van der Waals surface area contributed by atoms with Gasteiger partial charge in [0.15, 0.2) is 6.61 Å². The lowest BCUT2D eigenvalue weighted by Crippen LogP contribution is -2.42. The topological polar surface area (TPSA) is 76.2 Å². The minimum Gasteiger partial charge on any atom is -0.496 e. The molecule has 2 heterocycles. The van der Waals surface area contributed by atoms with E-state index in [-0.39, 0.29) is 31.0 Å². The maximum Gasteiger partial charge on any atom is 0.417 e. The summed E-state index contributed by atoms with van der Waals surface area (Å²) < 4.78 is 9.92. The Morgan fingerprint density at radius 1 is 1.39 bits per heavy atom. The molecule has 0 saturated carbocycles. The van der Waals surface area contributed by atoms with Crippen LogP contribution >= 0.6 is 11.6 Å². The first-order valence-corrected chi connectivity index (χ1v) is 7.50. The van der Waals surface area contributed by atoms with Gasteiger partial charge in [-0.25, -0.2) is 9.69 Å². The van der Waals surface area contributed by atoms with E-state index in [4.69, 9.17) is 21.1 Å². The van der Waals surface area contributed by atoms with Crippen LogP contribution < -0.4 is 4.74 Å². The second kappa shape index (κ2) is 6.08. The van der Waals surface area contributed by atoms with Gasteiger partial charge in [-0.15, -0.1) is 0 Å². The molecule has 1 atom stereocenters. The fourth-order valence-electron chi connectivity index (χ4n) is 2.87. The van der Waals surface area contributed by atoms with E-state index in [1.165, 1.54) is 7.11 Å². The van der Waals surface area contributed by atoms with Crippen molar-refractivity contribution in [3.63, 3.8) is 0 Å². The molecule has 2 aliphatic rings. The fraction of sp³-hybridized carbons (Fsp3) is 0.400. The standard InChI is InChI=1S/C15H15ClN2O5/c1-22-12-3-2-9(16)6-11(12)14(20)17-5-4-10(7-17)18-13(19)8-23-15(18)21/h2-3,6,10H,4-5,7-8H2,1H3/t10-/m0/s1. The number of cyclic esters (lactones) is 1. The van der Waals surface area contributed by atoms with Gasteiger partial charge in [-0.2, -0.15) is 0 Å². The lowest BCUT2D eigenvalue weighted by molar-refractivity contribution is -0.127. The smallest absolute Gasteiger partial charge is 0.417 e. The average molecular weight is 339 g/mol. The molecule has 0 spiro atoms. The summed E-state index contributed by atoms with van der Waals surface area (Å²) in [6.45, 7) is 0.483. The fourth-order valence-corrected chi connectivity index (χ4v) is 3.04. The van der Waals surface area contributed by atoms with Gasteiger partial charge in [0.2, 0.25) is 0 Å². The Balaban J connectivity index is 1.76. The molecule has 2 aliphatic heterocycles. The maximum absolute atomic E-state index is 12.7. The van der Waals surface area contributed by atoms with Crippen molar-refractivity contribution in [3.8, 4) is 5.75 Å². The number of carbonyl (C=O) groups is 3. The molecule has 0 unspecified atom stereocenters. The molecule has 0 radical (unpaired) electrons. The Hall–Kier alpha value is -2.28. The van der Waals surface area contributed by atoms with Crippen LogP contribution in [0, 0.1) is 0 Å². The molecule has 3 amide bonds. The zero-order valence-electron chi connectivity index (χ0n) is 12.5. The number of methoxy groups -OCH3 is 1. The summed E-state index contributed by atoms with van der Waals surface area (Å²) in [6, 6.07) is 4.46. The number of ether oxygens (including phenoxy) is 2. The van der Waals surface area contributed by atoms with Crippen molar-refractivity contribution in [2.45, 2.75) is 12.5 Å². The Kier molecular flexibility index (Phi) is 4.12. The predicted octanol–water partition coefficient (Wildman–Crippen LogP) is 1.54. The zero-order chi connectivity index (χ0) is 16.6. The van der Waals surface area contributed by atoms with E-state index in [9.17, 15) is 14.4 Å². The third kappa shape index (κ3) is 2.84. The van der Waals surface area contributed by atoms with E-state index in [2.05, 4.69) is 0 Å². The highest BCUT2D eigenvalue weighted by Crippen LogP contribution is 2.27. The summed E-state index contributed by atoms with van der Waals surface area (Å²) in [7, 11) is 1.48. The van der Waals surface area contributed by atoms with E-state index >= 15 is 0 Å². The first kappa shape index (κ1) is 15.6. The van der Waals surface area contributed by atoms with Crippen molar-refractivity contribution < 1.29 is 23.9 Å². The number of halogens is 1. The van der Waals surface area contributed by atoms with Crippen LogP contribution in [0.25, 0.3) is 0 Å². The number of benzene rings is 1. The summed E-state index contributed by atoms with van der Waals surface area (Å²) in [6.07, 6.45) is -0.121. The molecule has 2 saturated heterocycles. The van der Waals surface area contributed by atoms with E-state index in [1.54, 1.807) is 23.1 Å². The SMILES string of the molecule is COc1ccc(Cl)cc1C(=O)N1CC[C@H](N2C(=O)COC2=O)C1. The zero-order valence-corrected chi connectivity index (χ0v) is 13.2. The molecule has 1 aromatic rings. The number of likely N-dealkylation sites (tertiary alicyclic amines) is 1. The van der Waals surface area contributed by atoms with Crippen molar-refractivity contribution in [3.05, 3.63) is 28.8 Å². The van der Waals surface area contributed by atoms with Crippen LogP contribution in [0.15, 0.2) is 18.2 Å². The largest absolute Gasteiger partial charge is 0.496 e. The van der Waals surface area contributed by atoms with Crippen LogP contribution in [0.2, 0.25) is 5.02 Å². The molecular formula is C15H15ClN2O5. The van der Waals surface area contributed by atoms with Gasteiger partial charge in [-0.1, -0.05) is 11.6 Å². The second-order valence-corrected chi connectivity index (χ2v) is 5.79. The van der Waals surface area contributed by atoms with Gasteiger partial charge in [0.25, 0.3) is 11.8 Å². The lowest BCUT2D eigenvalue weighted by Gasteiger charge is -2.21. The van der Waals surface area contributed by atoms with Gasteiger partial charge in [0.05, 0.1) is 18.7 Å². The highest BCUT2D eigenvalue weighted by atomic mass is 35.5. The number of nitrogens with zero attached hydrogens (tertiary/aromatic N) is 2. The highest BCUT2D eigenvalue weighted by Gasteiger charge is 2.41.